The molecule has 0 bridgehead atoms. The minimum absolute atomic E-state index is 0.0130. The number of hydrogen-bond acceptors (Lipinski definition) is 6. The van der Waals surface area contributed by atoms with Gasteiger partial charge in [0.2, 0.25) is 5.82 Å². The van der Waals surface area contributed by atoms with E-state index >= 15 is 0 Å². The summed E-state index contributed by atoms with van der Waals surface area (Å²) in [5.41, 5.74) is 0.404. The quantitative estimate of drug-likeness (QED) is 0.168. The summed E-state index contributed by atoms with van der Waals surface area (Å²) >= 11 is 11.7. The first-order valence-corrected chi connectivity index (χ1v) is 12.5. The van der Waals surface area contributed by atoms with Gasteiger partial charge >= 0.3 is 0 Å². The van der Waals surface area contributed by atoms with Gasteiger partial charge in [-0.2, -0.15) is 0 Å². The van der Waals surface area contributed by atoms with Crippen LogP contribution in [0.25, 0.3) is 0 Å². The first kappa shape index (κ1) is 29.2. The van der Waals surface area contributed by atoms with E-state index < -0.39 is 40.7 Å². The molecule has 1 aliphatic rings. The number of halogens is 6. The molecule has 4 rings (SSSR count). The molecule has 40 heavy (non-hydrogen) atoms. The number of nitrogens with zero attached hydrogens (tertiary/aromatic N) is 2. The molecule has 14 heteroatoms. The second kappa shape index (κ2) is 12.1. The molecule has 1 fully saturated rings. The molecule has 0 radical (unpaired) electrons. The lowest BCUT2D eigenvalue weighted by Crippen LogP contribution is -2.47. The zero-order chi connectivity index (χ0) is 29.1. The molecule has 3 aromatic carbocycles. The summed E-state index contributed by atoms with van der Waals surface area (Å²) in [6.07, 6.45) is 0. The maximum absolute atomic E-state index is 14.2. The summed E-state index contributed by atoms with van der Waals surface area (Å²) in [6, 6.07) is 9.56. The van der Waals surface area contributed by atoms with E-state index in [0.29, 0.717) is 33.5 Å². The van der Waals surface area contributed by atoms with Gasteiger partial charge in [-0.05, 0) is 48.6 Å². The summed E-state index contributed by atoms with van der Waals surface area (Å²) in [5.74, 6) is -9.54. The van der Waals surface area contributed by atoms with E-state index in [1.165, 1.54) is 20.3 Å². The molecule has 212 valence electrons. The Morgan fingerprint density at radius 1 is 0.825 bits per heavy atom. The highest BCUT2D eigenvalue weighted by Crippen LogP contribution is 2.34. The second-order valence-corrected chi connectivity index (χ2v) is 9.35. The van der Waals surface area contributed by atoms with Gasteiger partial charge in [-0.3, -0.25) is 10.1 Å². The van der Waals surface area contributed by atoms with Crippen LogP contribution in [-0.4, -0.2) is 51.4 Å². The molecular formula is C26H22ClF5N4O3S. The van der Waals surface area contributed by atoms with Crippen molar-refractivity contribution in [1.29, 1.82) is 0 Å². The number of hydrogen-bond donors (Lipinski definition) is 2. The summed E-state index contributed by atoms with van der Waals surface area (Å²) in [4.78, 5) is 15.5. The van der Waals surface area contributed by atoms with Crippen LogP contribution in [0.2, 0.25) is 5.02 Å². The van der Waals surface area contributed by atoms with Gasteiger partial charge in [0.25, 0.3) is 5.91 Å². The molecular weight excluding hydrogens is 579 g/mol. The number of piperazine rings is 1. The van der Waals surface area contributed by atoms with Gasteiger partial charge < -0.3 is 24.6 Å². The first-order valence-electron chi connectivity index (χ1n) is 11.7. The Morgan fingerprint density at radius 3 is 1.98 bits per heavy atom. The number of amides is 1. The van der Waals surface area contributed by atoms with Crippen molar-refractivity contribution in [2.75, 3.05) is 55.5 Å². The molecule has 0 atom stereocenters. The number of benzene rings is 3. The summed E-state index contributed by atoms with van der Waals surface area (Å²) in [6.45, 7) is 0.374. The number of methoxy groups -OCH3 is 2. The van der Waals surface area contributed by atoms with Crippen LogP contribution in [0.5, 0.6) is 11.5 Å². The predicted molar refractivity (Wildman–Crippen MR) is 145 cm³/mol. The molecule has 0 aromatic heterocycles. The third kappa shape index (κ3) is 5.85. The maximum atomic E-state index is 14.2. The Bertz CT molecular complexity index is 1440. The van der Waals surface area contributed by atoms with Crippen LogP contribution >= 0.6 is 23.8 Å². The van der Waals surface area contributed by atoms with Crippen LogP contribution in [0.4, 0.5) is 39.0 Å². The predicted octanol–water partition coefficient (Wildman–Crippen LogP) is 5.51. The minimum atomic E-state index is -2.20. The van der Waals surface area contributed by atoms with Crippen molar-refractivity contribution in [3.8, 4) is 11.5 Å². The molecule has 1 heterocycles. The first-order chi connectivity index (χ1) is 19.0. The van der Waals surface area contributed by atoms with Crippen molar-refractivity contribution < 1.29 is 36.2 Å². The van der Waals surface area contributed by atoms with Crippen LogP contribution in [0.15, 0.2) is 36.4 Å². The molecule has 7 nitrogen and oxygen atoms in total. The van der Waals surface area contributed by atoms with Crippen LogP contribution in [0.1, 0.15) is 10.4 Å². The zero-order valence-electron chi connectivity index (χ0n) is 21.1. The lowest BCUT2D eigenvalue weighted by atomic mass is 10.2. The molecule has 2 N–H and O–H groups in total. The normalized spacial score (nSPS) is 13.2. The van der Waals surface area contributed by atoms with Crippen molar-refractivity contribution in [1.82, 2.24) is 5.32 Å². The summed E-state index contributed by atoms with van der Waals surface area (Å²) in [5, 5.41) is 5.75. The Kier molecular flexibility index (Phi) is 8.84. The smallest absolute Gasteiger partial charge is 0.257 e. The summed E-state index contributed by atoms with van der Waals surface area (Å²) < 4.78 is 79.4. The van der Waals surface area contributed by atoms with Crippen molar-refractivity contribution in [2.45, 2.75) is 0 Å². The Morgan fingerprint density at radius 2 is 1.40 bits per heavy atom. The number of anilines is 3. The Balaban J connectivity index is 1.38. The molecule has 3 aromatic rings. The third-order valence-electron chi connectivity index (χ3n) is 6.20. The van der Waals surface area contributed by atoms with Crippen molar-refractivity contribution in [2.24, 2.45) is 0 Å². The number of carbonyl (C=O) groups excluding carboxylic acids is 1. The van der Waals surface area contributed by atoms with Crippen LogP contribution in [-0.2, 0) is 0 Å². The number of thiocarbonyl (C=S) groups is 1. The van der Waals surface area contributed by atoms with Crippen LogP contribution in [0, 0.1) is 29.1 Å². The third-order valence-corrected chi connectivity index (χ3v) is 6.71. The van der Waals surface area contributed by atoms with Crippen LogP contribution < -0.4 is 29.9 Å². The number of carbonyl (C=O) groups is 1. The van der Waals surface area contributed by atoms with Gasteiger partial charge in [-0.15, -0.1) is 0 Å². The van der Waals surface area contributed by atoms with E-state index in [2.05, 4.69) is 10.6 Å². The van der Waals surface area contributed by atoms with E-state index in [0.717, 1.165) is 4.90 Å². The fraction of sp³-hybridized carbons (Fsp3) is 0.231. The maximum Gasteiger partial charge on any atom is 0.257 e. The lowest BCUT2D eigenvalue weighted by molar-refractivity contribution is 0.0977. The molecule has 1 aliphatic heterocycles. The van der Waals surface area contributed by atoms with E-state index in [1.807, 2.05) is 4.90 Å². The fourth-order valence-electron chi connectivity index (χ4n) is 4.20. The highest BCUT2D eigenvalue weighted by Gasteiger charge is 2.31. The van der Waals surface area contributed by atoms with Gasteiger partial charge in [0.15, 0.2) is 39.9 Å². The van der Waals surface area contributed by atoms with Crippen LogP contribution in [0.3, 0.4) is 0 Å². The van der Waals surface area contributed by atoms with Crippen molar-refractivity contribution >= 4 is 51.9 Å². The largest absolute Gasteiger partial charge is 0.493 e. The monoisotopic (exact) mass is 600 g/mol. The van der Waals surface area contributed by atoms with Crippen molar-refractivity contribution in [3.05, 3.63) is 76.1 Å². The molecule has 0 saturated carbocycles. The Hall–Kier alpha value is -3.84. The number of ether oxygens (including phenoxy) is 2. The molecule has 1 amide bonds. The molecule has 0 spiro atoms. The van der Waals surface area contributed by atoms with Gasteiger partial charge in [-0.1, -0.05) is 11.6 Å². The molecule has 0 aliphatic carbocycles. The number of rotatable bonds is 6. The van der Waals surface area contributed by atoms with E-state index in [9.17, 15) is 26.7 Å². The second-order valence-electron chi connectivity index (χ2n) is 8.54. The fourth-order valence-corrected chi connectivity index (χ4v) is 4.71. The minimum Gasteiger partial charge on any atom is -0.493 e. The van der Waals surface area contributed by atoms with E-state index in [4.69, 9.17) is 33.3 Å². The van der Waals surface area contributed by atoms with Gasteiger partial charge in [0.1, 0.15) is 5.69 Å². The standard InChI is InChI=1S/C26H22ClF5N4O3S/c1-38-17-6-3-13(11-18(17)39-2)25(37)34-26(40)33-14-4-5-16(15(27)12-14)35-7-9-36(10-8-35)24-22(31)20(29)19(28)21(30)23(24)32/h3-6,11-12H,7-10H2,1-2H3,(H2,33,34,37,40). The average Bonchev–Trinajstić information content (AvgIpc) is 2.95. The summed E-state index contributed by atoms with van der Waals surface area (Å²) in [7, 11) is 2.93. The van der Waals surface area contributed by atoms with E-state index in [-0.39, 0.29) is 31.3 Å². The molecule has 0 unspecified atom stereocenters. The zero-order valence-corrected chi connectivity index (χ0v) is 22.7. The van der Waals surface area contributed by atoms with E-state index in [1.54, 1.807) is 30.3 Å². The highest BCUT2D eigenvalue weighted by atomic mass is 35.5. The number of nitrogens with one attached hydrogen (secondary N) is 2. The highest BCUT2D eigenvalue weighted by molar-refractivity contribution is 7.80. The van der Waals surface area contributed by atoms with Gasteiger partial charge in [-0.25, -0.2) is 22.0 Å². The van der Waals surface area contributed by atoms with Crippen molar-refractivity contribution in [3.63, 3.8) is 0 Å². The SMILES string of the molecule is COc1ccc(C(=O)NC(=S)Nc2ccc(N3CCN(c4c(F)c(F)c(F)c(F)c4F)CC3)c(Cl)c2)cc1OC. The lowest BCUT2D eigenvalue weighted by Gasteiger charge is -2.38. The molecule has 1 saturated heterocycles. The topological polar surface area (TPSA) is 66.1 Å². The average molecular weight is 601 g/mol. The Labute approximate surface area is 236 Å². The van der Waals surface area contributed by atoms with Gasteiger partial charge in [0, 0.05) is 37.4 Å². The van der Waals surface area contributed by atoms with Gasteiger partial charge in [0.05, 0.1) is 24.9 Å².